The Kier molecular flexibility index (Phi) is 8.24. The fourth-order valence-corrected chi connectivity index (χ4v) is 2.71. The molecular formula is C22H26ClN3O4. The van der Waals surface area contributed by atoms with Crippen LogP contribution in [0.5, 0.6) is 0 Å². The molecule has 3 amide bonds. The van der Waals surface area contributed by atoms with Crippen LogP contribution in [0, 0.1) is 0 Å². The topological polar surface area (TPSA) is 96.5 Å². The molecule has 0 radical (unpaired) electrons. The average Bonchev–Trinajstić information content (AvgIpc) is 2.66. The fourth-order valence-electron chi connectivity index (χ4n) is 2.48. The summed E-state index contributed by atoms with van der Waals surface area (Å²) in [5, 5.41) is 8.50. The van der Waals surface area contributed by atoms with Gasteiger partial charge in [0.05, 0.1) is 0 Å². The van der Waals surface area contributed by atoms with Gasteiger partial charge < -0.3 is 20.7 Å². The molecule has 30 heavy (non-hydrogen) atoms. The van der Waals surface area contributed by atoms with Crippen LogP contribution in [-0.4, -0.2) is 30.1 Å². The summed E-state index contributed by atoms with van der Waals surface area (Å²) in [6.07, 6.45) is 0.190. The summed E-state index contributed by atoms with van der Waals surface area (Å²) in [5.41, 5.74) is 1.45. The number of hydrogen-bond acceptors (Lipinski definition) is 4. The highest BCUT2D eigenvalue weighted by atomic mass is 35.5. The molecule has 2 aromatic rings. The number of hydrogen-bond donors (Lipinski definition) is 3. The second-order valence-electron chi connectivity index (χ2n) is 7.62. The van der Waals surface area contributed by atoms with Crippen LogP contribution in [0.3, 0.4) is 0 Å². The van der Waals surface area contributed by atoms with Crippen LogP contribution in [-0.2, 0) is 20.7 Å². The second kappa shape index (κ2) is 10.6. The smallest absolute Gasteiger partial charge is 0.408 e. The van der Waals surface area contributed by atoms with Gasteiger partial charge in [0.15, 0.2) is 0 Å². The Morgan fingerprint density at radius 1 is 0.900 bits per heavy atom. The molecule has 0 saturated carbocycles. The summed E-state index contributed by atoms with van der Waals surface area (Å²) in [6.45, 7) is 5.01. The Morgan fingerprint density at radius 3 is 2.03 bits per heavy atom. The van der Waals surface area contributed by atoms with Crippen molar-refractivity contribution in [1.82, 2.24) is 5.32 Å². The van der Waals surface area contributed by atoms with Gasteiger partial charge in [-0.15, -0.1) is 0 Å². The maximum atomic E-state index is 12.1. The van der Waals surface area contributed by atoms with Gasteiger partial charge in [0, 0.05) is 22.8 Å². The molecule has 2 aromatic carbocycles. The van der Waals surface area contributed by atoms with Gasteiger partial charge in [-0.1, -0.05) is 29.8 Å². The van der Waals surface area contributed by atoms with Gasteiger partial charge in [0.1, 0.15) is 12.1 Å². The third kappa shape index (κ3) is 8.53. The maximum Gasteiger partial charge on any atom is 0.408 e. The van der Waals surface area contributed by atoms with E-state index in [9.17, 15) is 14.4 Å². The minimum absolute atomic E-state index is 0.131. The lowest BCUT2D eigenvalue weighted by molar-refractivity contribution is -0.116. The predicted molar refractivity (Wildman–Crippen MR) is 118 cm³/mol. The largest absolute Gasteiger partial charge is 0.444 e. The van der Waals surface area contributed by atoms with Crippen molar-refractivity contribution in [1.29, 1.82) is 0 Å². The lowest BCUT2D eigenvalue weighted by Crippen LogP contribution is -2.37. The van der Waals surface area contributed by atoms with Gasteiger partial charge in [-0.05, 0) is 63.1 Å². The van der Waals surface area contributed by atoms with Crippen molar-refractivity contribution in [2.45, 2.75) is 39.2 Å². The summed E-state index contributed by atoms with van der Waals surface area (Å²) in [5.74, 6) is -0.523. The van der Waals surface area contributed by atoms with E-state index in [1.165, 1.54) is 0 Å². The first kappa shape index (κ1) is 23.2. The third-order valence-corrected chi connectivity index (χ3v) is 4.19. The molecule has 0 aromatic heterocycles. The molecular weight excluding hydrogens is 406 g/mol. The van der Waals surface area contributed by atoms with Crippen LogP contribution >= 0.6 is 11.6 Å². The zero-order chi connectivity index (χ0) is 22.1. The summed E-state index contributed by atoms with van der Waals surface area (Å²) in [4.78, 5) is 35.6. The van der Waals surface area contributed by atoms with E-state index in [0.29, 0.717) is 29.2 Å². The standard InChI is InChI=1S/C22H26ClN3O4/c1-22(2,3)30-21(29)24-14-20(28)26-17-11-9-16(10-12-17)25-19(27)13-8-15-6-4-5-7-18(15)23/h4-7,9-12H,8,13-14H2,1-3H3,(H,24,29)(H,25,27)(H,26,28). The lowest BCUT2D eigenvalue weighted by atomic mass is 10.1. The van der Waals surface area contributed by atoms with Crippen molar-refractivity contribution >= 4 is 40.9 Å². The Labute approximate surface area is 181 Å². The van der Waals surface area contributed by atoms with Crippen molar-refractivity contribution in [3.05, 3.63) is 59.1 Å². The minimum atomic E-state index is -0.660. The molecule has 3 N–H and O–H groups in total. The fraction of sp³-hybridized carbons (Fsp3) is 0.318. The second-order valence-corrected chi connectivity index (χ2v) is 8.03. The van der Waals surface area contributed by atoms with Crippen molar-refractivity contribution in [2.75, 3.05) is 17.2 Å². The van der Waals surface area contributed by atoms with Gasteiger partial charge in [0.2, 0.25) is 11.8 Å². The van der Waals surface area contributed by atoms with Gasteiger partial charge in [0.25, 0.3) is 0 Å². The number of ether oxygens (including phenoxy) is 1. The molecule has 7 nitrogen and oxygen atoms in total. The van der Waals surface area contributed by atoms with E-state index in [1.54, 1.807) is 51.1 Å². The number of nitrogens with one attached hydrogen (secondary N) is 3. The van der Waals surface area contributed by atoms with Gasteiger partial charge in [-0.25, -0.2) is 4.79 Å². The molecule has 0 fully saturated rings. The van der Waals surface area contributed by atoms with E-state index in [2.05, 4.69) is 16.0 Å². The highest BCUT2D eigenvalue weighted by Gasteiger charge is 2.16. The molecule has 0 aliphatic rings. The Bertz CT molecular complexity index is 892. The normalized spacial score (nSPS) is 10.8. The van der Waals surface area contributed by atoms with E-state index < -0.39 is 17.6 Å². The Morgan fingerprint density at radius 2 is 1.47 bits per heavy atom. The van der Waals surface area contributed by atoms with Crippen LogP contribution in [0.15, 0.2) is 48.5 Å². The molecule has 0 heterocycles. The number of anilines is 2. The van der Waals surface area contributed by atoms with Crippen LogP contribution in [0.2, 0.25) is 5.02 Å². The average molecular weight is 432 g/mol. The first-order valence-corrected chi connectivity index (χ1v) is 9.90. The van der Waals surface area contributed by atoms with Crippen molar-refractivity contribution in [3.63, 3.8) is 0 Å². The first-order valence-electron chi connectivity index (χ1n) is 9.52. The van der Waals surface area contributed by atoms with E-state index in [-0.39, 0.29) is 12.5 Å². The van der Waals surface area contributed by atoms with Gasteiger partial charge in [-0.3, -0.25) is 9.59 Å². The van der Waals surface area contributed by atoms with Gasteiger partial charge >= 0.3 is 6.09 Å². The van der Waals surface area contributed by atoms with Gasteiger partial charge in [-0.2, -0.15) is 0 Å². The molecule has 0 atom stereocenters. The minimum Gasteiger partial charge on any atom is -0.444 e. The van der Waals surface area contributed by atoms with Crippen LogP contribution in [0.25, 0.3) is 0 Å². The molecule has 0 bridgehead atoms. The quantitative estimate of drug-likeness (QED) is 0.606. The Balaban J connectivity index is 1.76. The zero-order valence-corrected chi connectivity index (χ0v) is 18.0. The van der Waals surface area contributed by atoms with Crippen LogP contribution in [0.1, 0.15) is 32.8 Å². The van der Waals surface area contributed by atoms with Crippen molar-refractivity contribution in [3.8, 4) is 0 Å². The highest BCUT2D eigenvalue weighted by molar-refractivity contribution is 6.31. The molecule has 2 rings (SSSR count). The summed E-state index contributed by atoms with van der Waals surface area (Å²) in [7, 11) is 0. The van der Waals surface area contributed by atoms with E-state index in [0.717, 1.165) is 5.56 Å². The monoisotopic (exact) mass is 431 g/mol. The number of amides is 3. The number of alkyl carbamates (subject to hydrolysis) is 1. The number of rotatable bonds is 7. The number of aryl methyl sites for hydroxylation is 1. The molecule has 0 aliphatic carbocycles. The molecule has 0 saturated heterocycles. The summed E-state index contributed by atoms with van der Waals surface area (Å²) < 4.78 is 5.07. The number of carbonyl (C=O) groups excluding carboxylic acids is 3. The molecule has 160 valence electrons. The maximum absolute atomic E-state index is 12.1. The Hall–Kier alpha value is -3.06. The van der Waals surface area contributed by atoms with E-state index in [1.807, 2.05) is 18.2 Å². The number of carbonyl (C=O) groups is 3. The summed E-state index contributed by atoms with van der Waals surface area (Å²) in [6, 6.07) is 14.1. The lowest BCUT2D eigenvalue weighted by Gasteiger charge is -2.19. The molecule has 8 heteroatoms. The highest BCUT2D eigenvalue weighted by Crippen LogP contribution is 2.18. The van der Waals surface area contributed by atoms with Crippen LogP contribution in [0.4, 0.5) is 16.2 Å². The molecule has 0 aliphatic heterocycles. The third-order valence-electron chi connectivity index (χ3n) is 3.82. The zero-order valence-electron chi connectivity index (χ0n) is 17.3. The first-order chi connectivity index (χ1) is 14.1. The number of halogens is 1. The SMILES string of the molecule is CC(C)(C)OC(=O)NCC(=O)Nc1ccc(NC(=O)CCc2ccccc2Cl)cc1. The summed E-state index contributed by atoms with van der Waals surface area (Å²) >= 11 is 6.10. The van der Waals surface area contributed by atoms with Crippen molar-refractivity contribution in [2.24, 2.45) is 0 Å². The molecule has 0 unspecified atom stereocenters. The van der Waals surface area contributed by atoms with E-state index >= 15 is 0 Å². The van der Waals surface area contributed by atoms with Crippen LogP contribution < -0.4 is 16.0 Å². The predicted octanol–water partition coefficient (Wildman–Crippen LogP) is 4.37. The van der Waals surface area contributed by atoms with E-state index in [4.69, 9.17) is 16.3 Å². The number of benzene rings is 2. The van der Waals surface area contributed by atoms with Crippen molar-refractivity contribution < 1.29 is 19.1 Å². The molecule has 0 spiro atoms.